The van der Waals surface area contributed by atoms with Crippen LogP contribution in [0.4, 0.5) is 5.69 Å². The standard InChI is InChI=1S/C11H9NO3/c13-6-7-5-10(14)12-9-4-2-1-3-8(9)11(7)15/h1-4,6,13H,5H2,(H,12,14)/b7-6+. The number of amides is 1. The number of carbonyl (C=O) groups is 2. The number of nitrogens with one attached hydrogen (secondary N) is 1. The lowest BCUT2D eigenvalue weighted by Gasteiger charge is -2.03. The highest BCUT2D eigenvalue weighted by Crippen LogP contribution is 2.24. The molecule has 2 N–H and O–H groups in total. The smallest absolute Gasteiger partial charge is 0.229 e. The zero-order chi connectivity index (χ0) is 10.8. The van der Waals surface area contributed by atoms with Crippen LogP contribution in [-0.2, 0) is 4.79 Å². The number of ketones is 1. The van der Waals surface area contributed by atoms with Crippen LogP contribution in [0.5, 0.6) is 0 Å². The van der Waals surface area contributed by atoms with Crippen LogP contribution < -0.4 is 5.32 Å². The topological polar surface area (TPSA) is 66.4 Å². The molecule has 76 valence electrons. The highest BCUT2D eigenvalue weighted by molar-refractivity contribution is 6.18. The van der Waals surface area contributed by atoms with Crippen LogP contribution in [0.2, 0.25) is 0 Å². The Hall–Kier alpha value is -2.10. The van der Waals surface area contributed by atoms with Crippen molar-refractivity contribution in [3.63, 3.8) is 0 Å². The van der Waals surface area contributed by atoms with Crippen LogP contribution in [0, 0.1) is 0 Å². The van der Waals surface area contributed by atoms with Crippen molar-refractivity contribution in [2.75, 3.05) is 5.32 Å². The predicted molar refractivity (Wildman–Crippen MR) is 54.7 cm³/mol. The molecule has 0 aromatic heterocycles. The third-order valence-corrected chi connectivity index (χ3v) is 2.24. The van der Waals surface area contributed by atoms with Gasteiger partial charge in [-0.1, -0.05) is 12.1 Å². The summed E-state index contributed by atoms with van der Waals surface area (Å²) in [6.07, 6.45) is 0.605. The molecule has 1 aromatic rings. The van der Waals surface area contributed by atoms with Gasteiger partial charge in [-0.05, 0) is 12.1 Å². The van der Waals surface area contributed by atoms with Crippen molar-refractivity contribution in [2.45, 2.75) is 6.42 Å². The molecule has 0 saturated heterocycles. The van der Waals surface area contributed by atoms with E-state index < -0.39 is 0 Å². The molecular weight excluding hydrogens is 194 g/mol. The number of fused-ring (bicyclic) bond motifs is 1. The first-order chi connectivity index (χ1) is 7.22. The first kappa shape index (κ1) is 9.45. The number of Topliss-reactive ketones (excluding diaryl/α,β-unsaturated/α-hetero) is 1. The summed E-state index contributed by atoms with van der Waals surface area (Å²) in [6.45, 7) is 0. The summed E-state index contributed by atoms with van der Waals surface area (Å²) in [6, 6.07) is 6.72. The van der Waals surface area contributed by atoms with Crippen LogP contribution in [0.3, 0.4) is 0 Å². The van der Waals surface area contributed by atoms with Crippen molar-refractivity contribution < 1.29 is 14.7 Å². The van der Waals surface area contributed by atoms with Crippen LogP contribution in [0.25, 0.3) is 0 Å². The Labute approximate surface area is 86.2 Å². The number of aliphatic hydroxyl groups excluding tert-OH is 1. The van der Waals surface area contributed by atoms with Crippen molar-refractivity contribution in [1.82, 2.24) is 0 Å². The minimum Gasteiger partial charge on any atom is -0.515 e. The van der Waals surface area contributed by atoms with Gasteiger partial charge >= 0.3 is 0 Å². The van der Waals surface area contributed by atoms with E-state index in [4.69, 9.17) is 5.11 Å². The van der Waals surface area contributed by atoms with Gasteiger partial charge in [0.1, 0.15) is 0 Å². The molecule has 1 aliphatic rings. The maximum absolute atomic E-state index is 11.8. The van der Waals surface area contributed by atoms with E-state index in [0.717, 1.165) is 0 Å². The first-order valence-corrected chi connectivity index (χ1v) is 4.49. The van der Waals surface area contributed by atoms with Gasteiger partial charge in [-0.2, -0.15) is 0 Å². The molecule has 0 unspecified atom stereocenters. The highest BCUT2D eigenvalue weighted by Gasteiger charge is 2.23. The summed E-state index contributed by atoms with van der Waals surface area (Å²) in [7, 11) is 0. The number of para-hydroxylation sites is 1. The minimum atomic E-state index is -0.313. The van der Waals surface area contributed by atoms with Gasteiger partial charge in [-0.15, -0.1) is 0 Å². The Balaban J connectivity index is 2.57. The summed E-state index contributed by atoms with van der Waals surface area (Å²) in [5.74, 6) is -0.611. The Morgan fingerprint density at radius 3 is 2.73 bits per heavy atom. The summed E-state index contributed by atoms with van der Waals surface area (Å²) < 4.78 is 0. The largest absolute Gasteiger partial charge is 0.515 e. The second-order valence-electron chi connectivity index (χ2n) is 3.25. The van der Waals surface area contributed by atoms with Gasteiger partial charge in [0.25, 0.3) is 0 Å². The molecule has 0 fully saturated rings. The summed E-state index contributed by atoms with van der Waals surface area (Å²) in [5.41, 5.74) is 1.01. The van der Waals surface area contributed by atoms with Gasteiger partial charge in [0.2, 0.25) is 5.91 Å². The maximum Gasteiger partial charge on any atom is 0.229 e. The van der Waals surface area contributed by atoms with E-state index in [0.29, 0.717) is 17.5 Å². The van der Waals surface area contributed by atoms with Crippen LogP contribution in [0.15, 0.2) is 36.1 Å². The molecular formula is C11H9NO3. The third-order valence-electron chi connectivity index (χ3n) is 2.24. The van der Waals surface area contributed by atoms with Gasteiger partial charge in [0.05, 0.1) is 18.4 Å². The van der Waals surface area contributed by atoms with E-state index in [9.17, 15) is 9.59 Å². The van der Waals surface area contributed by atoms with Crippen molar-refractivity contribution in [3.05, 3.63) is 41.7 Å². The lowest BCUT2D eigenvalue weighted by atomic mass is 10.0. The maximum atomic E-state index is 11.8. The monoisotopic (exact) mass is 203 g/mol. The van der Waals surface area contributed by atoms with E-state index in [1.807, 2.05) is 0 Å². The minimum absolute atomic E-state index is 0.0932. The molecule has 15 heavy (non-hydrogen) atoms. The van der Waals surface area contributed by atoms with Gasteiger partial charge < -0.3 is 10.4 Å². The second kappa shape index (κ2) is 3.57. The van der Waals surface area contributed by atoms with Crippen molar-refractivity contribution in [3.8, 4) is 0 Å². The van der Waals surface area contributed by atoms with E-state index in [1.165, 1.54) is 0 Å². The van der Waals surface area contributed by atoms with Crippen molar-refractivity contribution in [2.24, 2.45) is 0 Å². The van der Waals surface area contributed by atoms with Gasteiger partial charge in [-0.25, -0.2) is 0 Å². The van der Waals surface area contributed by atoms with E-state index in [1.54, 1.807) is 24.3 Å². The molecule has 1 aromatic carbocycles. The number of aliphatic hydroxyl groups is 1. The number of carbonyl (C=O) groups excluding carboxylic acids is 2. The van der Waals surface area contributed by atoms with Crippen LogP contribution >= 0.6 is 0 Å². The molecule has 0 aliphatic carbocycles. The quantitative estimate of drug-likeness (QED) is 0.497. The van der Waals surface area contributed by atoms with Crippen molar-refractivity contribution >= 4 is 17.4 Å². The fraction of sp³-hybridized carbons (Fsp3) is 0.0909. The molecule has 1 heterocycles. The lowest BCUT2D eigenvalue weighted by Crippen LogP contribution is -2.10. The average molecular weight is 203 g/mol. The number of anilines is 1. The molecule has 1 amide bonds. The van der Waals surface area contributed by atoms with E-state index in [-0.39, 0.29) is 23.7 Å². The molecule has 2 rings (SSSR count). The van der Waals surface area contributed by atoms with Crippen LogP contribution in [-0.4, -0.2) is 16.8 Å². The van der Waals surface area contributed by atoms with Gasteiger partial charge in [0.15, 0.2) is 5.78 Å². The third kappa shape index (κ3) is 1.61. The highest BCUT2D eigenvalue weighted by atomic mass is 16.2. The molecule has 0 radical (unpaired) electrons. The fourth-order valence-corrected chi connectivity index (χ4v) is 1.52. The summed E-state index contributed by atoms with van der Waals surface area (Å²) in [4.78, 5) is 23.1. The van der Waals surface area contributed by atoms with Gasteiger partial charge in [0, 0.05) is 11.1 Å². The number of hydrogen-bond acceptors (Lipinski definition) is 3. The number of hydrogen-bond donors (Lipinski definition) is 2. The van der Waals surface area contributed by atoms with Crippen molar-refractivity contribution in [1.29, 1.82) is 0 Å². The molecule has 1 aliphatic heterocycles. The SMILES string of the molecule is O=C1C/C(=C\O)C(=O)c2ccccc2N1. The average Bonchev–Trinajstić information content (AvgIpc) is 2.36. The molecule has 0 atom stereocenters. The Morgan fingerprint density at radius 1 is 1.27 bits per heavy atom. The Morgan fingerprint density at radius 2 is 2.00 bits per heavy atom. The second-order valence-corrected chi connectivity index (χ2v) is 3.25. The summed E-state index contributed by atoms with van der Waals surface area (Å²) in [5, 5.41) is 11.5. The molecule has 4 nitrogen and oxygen atoms in total. The molecule has 0 bridgehead atoms. The van der Waals surface area contributed by atoms with E-state index >= 15 is 0 Å². The summed E-state index contributed by atoms with van der Waals surface area (Å²) >= 11 is 0. The molecule has 0 saturated carbocycles. The Bertz CT molecular complexity index is 463. The first-order valence-electron chi connectivity index (χ1n) is 4.49. The number of rotatable bonds is 0. The van der Waals surface area contributed by atoms with Crippen LogP contribution in [0.1, 0.15) is 16.8 Å². The zero-order valence-corrected chi connectivity index (χ0v) is 7.86. The predicted octanol–water partition coefficient (Wildman–Crippen LogP) is 1.65. The number of benzene rings is 1. The van der Waals surface area contributed by atoms with Gasteiger partial charge in [-0.3, -0.25) is 9.59 Å². The normalized spacial score (nSPS) is 18.3. The Kier molecular flexibility index (Phi) is 2.25. The molecule has 0 spiro atoms. The van der Waals surface area contributed by atoms with E-state index in [2.05, 4.69) is 5.32 Å². The lowest BCUT2D eigenvalue weighted by molar-refractivity contribution is -0.115. The fourth-order valence-electron chi connectivity index (χ4n) is 1.52. The molecule has 4 heteroatoms. The zero-order valence-electron chi connectivity index (χ0n) is 7.86.